The molecule has 1 unspecified atom stereocenters. The molecule has 1 atom stereocenters. The van der Waals surface area contributed by atoms with Gasteiger partial charge in [0.1, 0.15) is 18.5 Å². The number of amides is 2. The molecule has 0 radical (unpaired) electrons. The molecular formula is C19H24ClN5O3. The number of carbonyl (C=O) groups is 1. The Kier molecular flexibility index (Phi) is 7.02. The predicted octanol–water partition coefficient (Wildman–Crippen LogP) is 3.18. The van der Waals surface area contributed by atoms with Gasteiger partial charge in [0.15, 0.2) is 5.82 Å². The van der Waals surface area contributed by atoms with Crippen molar-refractivity contribution in [2.45, 2.75) is 19.4 Å². The number of hydrogen-bond donors (Lipinski definition) is 2. The van der Waals surface area contributed by atoms with Crippen molar-refractivity contribution in [3.8, 4) is 5.75 Å². The largest absolute Gasteiger partial charge is 0.489 e. The van der Waals surface area contributed by atoms with Gasteiger partial charge in [0.05, 0.1) is 23.8 Å². The predicted molar refractivity (Wildman–Crippen MR) is 108 cm³/mol. The second-order valence-corrected chi connectivity index (χ2v) is 7.12. The average molecular weight is 406 g/mol. The van der Waals surface area contributed by atoms with Crippen LogP contribution < -0.4 is 15.4 Å². The minimum atomic E-state index is -0.462. The van der Waals surface area contributed by atoms with Crippen LogP contribution in [0.5, 0.6) is 5.75 Å². The first-order chi connectivity index (χ1) is 13.5. The molecule has 0 spiro atoms. The van der Waals surface area contributed by atoms with Crippen LogP contribution in [-0.4, -0.2) is 60.4 Å². The lowest BCUT2D eigenvalue weighted by Gasteiger charge is -2.21. The Bertz CT molecular complexity index is 803. The van der Waals surface area contributed by atoms with Crippen molar-refractivity contribution in [3.05, 3.63) is 41.3 Å². The number of hydrogen-bond acceptors (Lipinski definition) is 6. The third-order valence-electron chi connectivity index (χ3n) is 4.19. The van der Waals surface area contributed by atoms with Gasteiger partial charge in [-0.2, -0.15) is 0 Å². The number of rotatable bonds is 5. The minimum absolute atomic E-state index is 0.0345. The molecule has 1 saturated heterocycles. The van der Waals surface area contributed by atoms with Crippen LogP contribution in [0, 0.1) is 6.92 Å². The van der Waals surface area contributed by atoms with E-state index in [1.165, 1.54) is 6.20 Å². The smallest absolute Gasteiger partial charge is 0.325 e. The van der Waals surface area contributed by atoms with Gasteiger partial charge in [-0.25, -0.2) is 9.78 Å². The zero-order valence-electron chi connectivity index (χ0n) is 15.9. The van der Waals surface area contributed by atoms with E-state index in [9.17, 15) is 4.79 Å². The number of carbonyl (C=O) groups excluding carboxylic acids is 1. The fourth-order valence-electron chi connectivity index (χ4n) is 2.81. The van der Waals surface area contributed by atoms with Gasteiger partial charge in [0.2, 0.25) is 0 Å². The number of nitrogens with zero attached hydrogens (tertiary/aromatic N) is 3. The molecule has 0 aliphatic carbocycles. The quantitative estimate of drug-likeness (QED) is 0.794. The molecule has 2 N–H and O–H groups in total. The molecule has 9 heteroatoms. The van der Waals surface area contributed by atoms with Gasteiger partial charge in [-0.1, -0.05) is 11.6 Å². The zero-order valence-corrected chi connectivity index (χ0v) is 16.7. The molecule has 150 valence electrons. The average Bonchev–Trinajstić information content (AvgIpc) is 2.87. The van der Waals surface area contributed by atoms with Gasteiger partial charge in [0.25, 0.3) is 0 Å². The number of ether oxygens (including phenoxy) is 2. The van der Waals surface area contributed by atoms with Crippen molar-refractivity contribution in [1.29, 1.82) is 0 Å². The molecular weight excluding hydrogens is 382 g/mol. The third-order valence-corrected chi connectivity index (χ3v) is 4.43. The zero-order chi connectivity index (χ0) is 19.9. The van der Waals surface area contributed by atoms with Crippen molar-refractivity contribution >= 4 is 29.1 Å². The highest BCUT2D eigenvalue weighted by Gasteiger charge is 2.18. The monoisotopic (exact) mass is 405 g/mol. The lowest BCUT2D eigenvalue weighted by Crippen LogP contribution is -2.32. The number of aryl methyl sites for hydroxylation is 1. The normalized spacial score (nSPS) is 17.6. The summed E-state index contributed by atoms with van der Waals surface area (Å²) in [5.74, 6) is 0.868. The van der Waals surface area contributed by atoms with E-state index in [2.05, 4.69) is 32.5 Å². The molecule has 1 aliphatic heterocycles. The number of benzene rings is 1. The number of anilines is 2. The molecule has 1 aliphatic rings. The number of halogens is 1. The van der Waals surface area contributed by atoms with Crippen molar-refractivity contribution in [3.63, 3.8) is 0 Å². The van der Waals surface area contributed by atoms with Crippen LogP contribution in [0.1, 0.15) is 12.1 Å². The summed E-state index contributed by atoms with van der Waals surface area (Å²) in [6.07, 6.45) is 4.04. The molecule has 2 aromatic rings. The molecule has 0 saturated carbocycles. The van der Waals surface area contributed by atoms with Gasteiger partial charge >= 0.3 is 6.03 Å². The van der Waals surface area contributed by atoms with Crippen molar-refractivity contribution < 1.29 is 14.3 Å². The van der Waals surface area contributed by atoms with Crippen molar-refractivity contribution in [2.24, 2.45) is 0 Å². The van der Waals surface area contributed by atoms with Crippen molar-refractivity contribution in [1.82, 2.24) is 14.9 Å². The van der Waals surface area contributed by atoms with Gasteiger partial charge in [-0.15, -0.1) is 0 Å². The van der Waals surface area contributed by atoms with E-state index < -0.39 is 6.03 Å². The fourth-order valence-corrected chi connectivity index (χ4v) is 2.98. The van der Waals surface area contributed by atoms with Crippen LogP contribution in [0.25, 0.3) is 0 Å². The standard InChI is InChI=1S/C19H24ClN5O3/c1-13-9-22-18(10-21-13)24-19(26)23-16-8-14(20)4-5-17(16)28-12-15-11-25(2)6-3-7-27-15/h4-5,8-10,15H,3,6-7,11-12H2,1-2H3,(H2,22,23,24,26). The lowest BCUT2D eigenvalue weighted by atomic mass is 10.3. The summed E-state index contributed by atoms with van der Waals surface area (Å²) in [4.78, 5) is 22.7. The molecule has 3 rings (SSSR count). The van der Waals surface area contributed by atoms with E-state index >= 15 is 0 Å². The number of aromatic nitrogens is 2. The Morgan fingerprint density at radius 2 is 2.21 bits per heavy atom. The van der Waals surface area contributed by atoms with E-state index in [0.717, 1.165) is 25.2 Å². The summed E-state index contributed by atoms with van der Waals surface area (Å²) in [6.45, 7) is 4.72. The molecule has 2 heterocycles. The number of nitrogens with one attached hydrogen (secondary N) is 2. The van der Waals surface area contributed by atoms with Crippen LogP contribution in [0.4, 0.5) is 16.3 Å². The maximum atomic E-state index is 12.3. The first kappa shape index (κ1) is 20.3. The van der Waals surface area contributed by atoms with E-state index in [-0.39, 0.29) is 6.10 Å². The molecule has 28 heavy (non-hydrogen) atoms. The van der Waals surface area contributed by atoms with E-state index in [0.29, 0.717) is 35.5 Å². The Labute approximate surface area is 169 Å². The second-order valence-electron chi connectivity index (χ2n) is 6.68. The van der Waals surface area contributed by atoms with Gasteiger partial charge in [-0.05, 0) is 38.6 Å². The molecule has 0 bridgehead atoms. The van der Waals surface area contributed by atoms with Crippen LogP contribution in [0.2, 0.25) is 5.02 Å². The van der Waals surface area contributed by atoms with E-state index in [4.69, 9.17) is 21.1 Å². The summed E-state index contributed by atoms with van der Waals surface area (Å²) < 4.78 is 11.7. The highest BCUT2D eigenvalue weighted by atomic mass is 35.5. The van der Waals surface area contributed by atoms with Crippen LogP contribution in [0.3, 0.4) is 0 Å². The molecule has 1 aromatic carbocycles. The van der Waals surface area contributed by atoms with Gasteiger partial charge in [-0.3, -0.25) is 10.3 Å². The molecule has 8 nitrogen and oxygen atoms in total. The SMILES string of the molecule is Cc1cnc(NC(=O)Nc2cc(Cl)ccc2OCC2CN(C)CCCO2)cn1. The topological polar surface area (TPSA) is 88.6 Å². The number of urea groups is 1. The van der Waals surface area contributed by atoms with Gasteiger partial charge < -0.3 is 19.7 Å². The second kappa shape index (κ2) is 9.68. The Morgan fingerprint density at radius 3 is 3.00 bits per heavy atom. The van der Waals surface area contributed by atoms with E-state index in [1.54, 1.807) is 24.4 Å². The Hall–Kier alpha value is -2.42. The highest BCUT2D eigenvalue weighted by molar-refractivity contribution is 6.31. The van der Waals surface area contributed by atoms with Gasteiger partial charge in [0, 0.05) is 24.7 Å². The van der Waals surface area contributed by atoms with Crippen LogP contribution in [-0.2, 0) is 4.74 Å². The van der Waals surface area contributed by atoms with Crippen LogP contribution >= 0.6 is 11.6 Å². The fraction of sp³-hybridized carbons (Fsp3) is 0.421. The maximum Gasteiger partial charge on any atom is 0.325 e. The first-order valence-corrected chi connectivity index (χ1v) is 9.46. The highest BCUT2D eigenvalue weighted by Crippen LogP contribution is 2.28. The minimum Gasteiger partial charge on any atom is -0.489 e. The van der Waals surface area contributed by atoms with Crippen molar-refractivity contribution in [2.75, 3.05) is 44.0 Å². The lowest BCUT2D eigenvalue weighted by molar-refractivity contribution is 0.0236. The summed E-state index contributed by atoms with van der Waals surface area (Å²) in [6, 6.07) is 4.61. The third kappa shape index (κ3) is 6.05. The maximum absolute atomic E-state index is 12.3. The Morgan fingerprint density at radius 1 is 1.36 bits per heavy atom. The molecule has 1 aromatic heterocycles. The Balaban J connectivity index is 1.63. The van der Waals surface area contributed by atoms with Crippen LogP contribution in [0.15, 0.2) is 30.6 Å². The first-order valence-electron chi connectivity index (χ1n) is 9.09. The molecule has 2 amide bonds. The summed E-state index contributed by atoms with van der Waals surface area (Å²) in [7, 11) is 2.06. The molecule has 1 fully saturated rings. The van der Waals surface area contributed by atoms with E-state index in [1.807, 2.05) is 6.92 Å². The summed E-state index contributed by atoms with van der Waals surface area (Å²) in [5, 5.41) is 5.86. The number of likely N-dealkylation sites (N-methyl/N-ethyl adjacent to an activating group) is 1. The summed E-state index contributed by atoms with van der Waals surface area (Å²) in [5.41, 5.74) is 1.23. The summed E-state index contributed by atoms with van der Waals surface area (Å²) >= 11 is 6.09.